The molecule has 0 atom stereocenters. The second-order valence-corrected chi connectivity index (χ2v) is 5.54. The van der Waals surface area contributed by atoms with Gasteiger partial charge in [0.1, 0.15) is 5.82 Å². The van der Waals surface area contributed by atoms with Crippen LogP contribution in [0.2, 0.25) is 0 Å². The molecular weight excluding hydrogens is 408 g/mol. The molecule has 0 aliphatic heterocycles. The molecule has 0 saturated carbocycles. The van der Waals surface area contributed by atoms with E-state index in [1.54, 1.807) is 12.1 Å². The topological polar surface area (TPSA) is 45.7 Å². The Morgan fingerprint density at radius 1 is 1.26 bits per heavy atom. The van der Waals surface area contributed by atoms with E-state index < -0.39 is 0 Å². The van der Waals surface area contributed by atoms with Crippen molar-refractivity contribution in [1.82, 2.24) is 10.6 Å². The summed E-state index contributed by atoms with van der Waals surface area (Å²) in [7, 11) is 0. The molecule has 0 radical (unpaired) electrons. The second kappa shape index (κ2) is 13.5. The van der Waals surface area contributed by atoms with Gasteiger partial charge >= 0.3 is 0 Å². The van der Waals surface area contributed by atoms with Crippen LogP contribution in [-0.2, 0) is 11.3 Å². The first-order valence-electron chi connectivity index (χ1n) is 7.96. The largest absolute Gasteiger partial charge is 0.381 e. The van der Waals surface area contributed by atoms with Crippen molar-refractivity contribution >= 4 is 29.9 Å². The summed E-state index contributed by atoms with van der Waals surface area (Å²) in [6.07, 6.45) is 0.914. The highest BCUT2D eigenvalue weighted by atomic mass is 127. The van der Waals surface area contributed by atoms with E-state index in [0.717, 1.165) is 32.7 Å². The Kier molecular flexibility index (Phi) is 13.0. The van der Waals surface area contributed by atoms with E-state index >= 15 is 0 Å². The average molecular weight is 437 g/mol. The molecule has 0 aliphatic rings. The number of nitrogens with one attached hydrogen (secondary N) is 2. The third kappa shape index (κ3) is 10.5. The lowest BCUT2D eigenvalue weighted by Gasteiger charge is -2.12. The fraction of sp³-hybridized carbons (Fsp3) is 0.588. The average Bonchev–Trinajstić information content (AvgIpc) is 2.49. The Hall–Kier alpha value is -0.890. The smallest absolute Gasteiger partial charge is 0.191 e. The van der Waals surface area contributed by atoms with E-state index in [1.165, 1.54) is 6.07 Å². The zero-order valence-electron chi connectivity index (χ0n) is 14.3. The predicted octanol–water partition coefficient (Wildman–Crippen LogP) is 3.56. The number of ether oxygens (including phenoxy) is 1. The molecule has 0 saturated heterocycles. The first kappa shape index (κ1) is 22.1. The molecule has 4 nitrogen and oxygen atoms in total. The van der Waals surface area contributed by atoms with Crippen molar-refractivity contribution in [3.8, 4) is 0 Å². The normalized spacial score (nSPS) is 11.3. The molecule has 0 heterocycles. The van der Waals surface area contributed by atoms with Crippen LogP contribution in [0.1, 0.15) is 32.8 Å². The Morgan fingerprint density at radius 2 is 2.00 bits per heavy atom. The maximum atomic E-state index is 13.6. The number of guanidine groups is 1. The van der Waals surface area contributed by atoms with E-state index in [0.29, 0.717) is 24.0 Å². The van der Waals surface area contributed by atoms with Crippen LogP contribution in [0.25, 0.3) is 0 Å². The predicted molar refractivity (Wildman–Crippen MR) is 105 cm³/mol. The van der Waals surface area contributed by atoms with Gasteiger partial charge in [-0.05, 0) is 25.3 Å². The van der Waals surface area contributed by atoms with Gasteiger partial charge in [0.25, 0.3) is 0 Å². The van der Waals surface area contributed by atoms with Crippen molar-refractivity contribution in [2.24, 2.45) is 10.9 Å². The minimum absolute atomic E-state index is 0. The van der Waals surface area contributed by atoms with Crippen LogP contribution < -0.4 is 10.6 Å². The summed E-state index contributed by atoms with van der Waals surface area (Å²) in [6, 6.07) is 6.71. The van der Waals surface area contributed by atoms with Crippen LogP contribution >= 0.6 is 24.0 Å². The lowest BCUT2D eigenvalue weighted by molar-refractivity contribution is 0.108. The summed E-state index contributed by atoms with van der Waals surface area (Å²) in [4.78, 5) is 4.40. The highest BCUT2D eigenvalue weighted by Crippen LogP contribution is 2.07. The molecule has 0 amide bonds. The monoisotopic (exact) mass is 437 g/mol. The first-order valence-corrected chi connectivity index (χ1v) is 7.96. The van der Waals surface area contributed by atoms with Gasteiger partial charge in [0, 0.05) is 31.9 Å². The molecule has 1 rings (SSSR count). The number of nitrogens with zero attached hydrogens (tertiary/aromatic N) is 1. The number of hydrogen-bond donors (Lipinski definition) is 2. The Bertz CT molecular complexity index is 455. The van der Waals surface area contributed by atoms with Gasteiger partial charge in [-0.25, -0.2) is 9.38 Å². The van der Waals surface area contributed by atoms with Crippen LogP contribution in [0.5, 0.6) is 0 Å². The summed E-state index contributed by atoms with van der Waals surface area (Å²) >= 11 is 0. The van der Waals surface area contributed by atoms with Crippen molar-refractivity contribution in [3.63, 3.8) is 0 Å². The molecule has 23 heavy (non-hydrogen) atoms. The zero-order chi connectivity index (χ0) is 16.2. The van der Waals surface area contributed by atoms with E-state index in [1.807, 2.05) is 13.0 Å². The molecule has 1 aromatic carbocycles. The quantitative estimate of drug-likeness (QED) is 0.269. The summed E-state index contributed by atoms with van der Waals surface area (Å²) in [5, 5.41) is 6.39. The van der Waals surface area contributed by atoms with E-state index in [2.05, 4.69) is 29.5 Å². The van der Waals surface area contributed by atoms with Crippen LogP contribution in [0.3, 0.4) is 0 Å². The maximum Gasteiger partial charge on any atom is 0.191 e. The molecule has 0 aromatic heterocycles. The van der Waals surface area contributed by atoms with Crippen molar-refractivity contribution in [1.29, 1.82) is 0 Å². The van der Waals surface area contributed by atoms with Gasteiger partial charge < -0.3 is 15.4 Å². The second-order valence-electron chi connectivity index (χ2n) is 5.54. The van der Waals surface area contributed by atoms with Gasteiger partial charge in [0.15, 0.2) is 5.96 Å². The number of aliphatic imine (C=N–C) groups is 1. The number of hydrogen-bond acceptors (Lipinski definition) is 2. The minimum atomic E-state index is -0.218. The third-order valence-corrected chi connectivity index (χ3v) is 2.92. The highest BCUT2D eigenvalue weighted by molar-refractivity contribution is 14.0. The molecule has 0 fully saturated rings. The van der Waals surface area contributed by atoms with Crippen LogP contribution in [-0.4, -0.2) is 32.3 Å². The van der Waals surface area contributed by atoms with Crippen LogP contribution in [0.4, 0.5) is 4.39 Å². The molecule has 0 spiro atoms. The lowest BCUT2D eigenvalue weighted by Crippen LogP contribution is -2.38. The Morgan fingerprint density at radius 3 is 2.65 bits per heavy atom. The fourth-order valence-corrected chi connectivity index (χ4v) is 1.83. The van der Waals surface area contributed by atoms with Crippen molar-refractivity contribution in [2.75, 3.05) is 26.3 Å². The Balaban J connectivity index is 0.00000484. The van der Waals surface area contributed by atoms with Crippen molar-refractivity contribution < 1.29 is 9.13 Å². The molecule has 2 N–H and O–H groups in total. The fourth-order valence-electron chi connectivity index (χ4n) is 1.83. The molecule has 1 aromatic rings. The zero-order valence-corrected chi connectivity index (χ0v) is 16.6. The van der Waals surface area contributed by atoms with Crippen LogP contribution in [0.15, 0.2) is 29.3 Å². The van der Waals surface area contributed by atoms with Gasteiger partial charge in [-0.3, -0.25) is 0 Å². The van der Waals surface area contributed by atoms with Crippen molar-refractivity contribution in [3.05, 3.63) is 35.6 Å². The van der Waals surface area contributed by atoms with Crippen LogP contribution in [0, 0.1) is 11.7 Å². The Labute approximate surface area is 156 Å². The first-order chi connectivity index (χ1) is 10.6. The number of halogens is 2. The number of rotatable bonds is 9. The summed E-state index contributed by atoms with van der Waals surface area (Å²) in [5.74, 6) is 1.05. The minimum Gasteiger partial charge on any atom is -0.381 e. The van der Waals surface area contributed by atoms with Gasteiger partial charge in [0.05, 0.1) is 6.54 Å². The summed E-state index contributed by atoms with van der Waals surface area (Å²) in [6.45, 7) is 9.68. The molecule has 0 aliphatic carbocycles. The molecule has 0 unspecified atom stereocenters. The molecular formula is C17H29FIN3O. The standard InChI is InChI=1S/C17H28FN3O.HI/c1-4-19-17(20-10-7-11-22-13-14(2)3)21-12-15-8-5-6-9-16(15)18;/h5-6,8-9,14H,4,7,10-13H2,1-3H3,(H2,19,20,21);1H. The molecule has 6 heteroatoms. The molecule has 132 valence electrons. The summed E-state index contributed by atoms with van der Waals surface area (Å²) in [5.41, 5.74) is 0.597. The highest BCUT2D eigenvalue weighted by Gasteiger charge is 2.01. The van der Waals surface area contributed by atoms with E-state index in [4.69, 9.17) is 4.74 Å². The van der Waals surface area contributed by atoms with Gasteiger partial charge in [-0.1, -0.05) is 32.0 Å². The van der Waals surface area contributed by atoms with Gasteiger partial charge in [0.2, 0.25) is 0 Å². The molecule has 0 bridgehead atoms. The van der Waals surface area contributed by atoms with Gasteiger partial charge in [-0.2, -0.15) is 0 Å². The number of benzene rings is 1. The van der Waals surface area contributed by atoms with Crippen molar-refractivity contribution in [2.45, 2.75) is 33.7 Å². The maximum absolute atomic E-state index is 13.6. The van der Waals surface area contributed by atoms with E-state index in [-0.39, 0.29) is 29.8 Å². The SMILES string of the molecule is CCNC(=NCc1ccccc1F)NCCCOCC(C)C.I. The summed E-state index contributed by atoms with van der Waals surface area (Å²) < 4.78 is 19.1. The van der Waals surface area contributed by atoms with E-state index in [9.17, 15) is 4.39 Å². The van der Waals surface area contributed by atoms with Gasteiger partial charge in [-0.15, -0.1) is 24.0 Å². The lowest BCUT2D eigenvalue weighted by atomic mass is 10.2. The third-order valence-electron chi connectivity index (χ3n) is 2.92.